The van der Waals surface area contributed by atoms with Gasteiger partial charge in [-0.3, -0.25) is 9.59 Å². The quantitative estimate of drug-likeness (QED) is 0.792. The molecule has 0 fully saturated rings. The number of rotatable bonds is 5. The van der Waals surface area contributed by atoms with Crippen LogP contribution in [-0.4, -0.2) is 28.2 Å². The van der Waals surface area contributed by atoms with Gasteiger partial charge in [0.2, 0.25) is 5.78 Å². The third-order valence-corrected chi connectivity index (χ3v) is 3.84. The molecule has 0 aliphatic heterocycles. The Kier molecular flexibility index (Phi) is 4.59. The van der Waals surface area contributed by atoms with Crippen LogP contribution in [0.25, 0.3) is 11.0 Å². The number of nitrogens with zero attached hydrogens (tertiary/aromatic N) is 2. The minimum Gasteiger partial charge on any atom is -0.497 e. The van der Waals surface area contributed by atoms with Crippen molar-refractivity contribution in [3.8, 4) is 5.75 Å². The molecule has 0 bridgehead atoms. The second kappa shape index (κ2) is 6.14. The smallest absolute Gasteiger partial charge is 0.200 e. The highest BCUT2D eigenvalue weighted by molar-refractivity contribution is 5.98. The van der Waals surface area contributed by atoms with Crippen LogP contribution in [0.3, 0.4) is 0 Å². The van der Waals surface area contributed by atoms with Crippen molar-refractivity contribution < 1.29 is 14.3 Å². The summed E-state index contributed by atoms with van der Waals surface area (Å²) in [5.74, 6) is 0.808. The molecule has 2 rings (SSSR count). The van der Waals surface area contributed by atoms with Crippen molar-refractivity contribution in [3.63, 3.8) is 0 Å². The number of carbonyl (C=O) groups is 2. The normalized spacial score (nSPS) is 12.0. The molecule has 5 nitrogen and oxygen atoms in total. The molecule has 0 saturated carbocycles. The zero-order valence-corrected chi connectivity index (χ0v) is 14.6. The van der Waals surface area contributed by atoms with Crippen LogP contribution in [0, 0.1) is 11.3 Å². The van der Waals surface area contributed by atoms with E-state index in [0.29, 0.717) is 17.1 Å². The summed E-state index contributed by atoms with van der Waals surface area (Å²) < 4.78 is 6.97. The van der Waals surface area contributed by atoms with Gasteiger partial charge in [0.05, 0.1) is 24.7 Å². The Labute approximate surface area is 136 Å². The first kappa shape index (κ1) is 17.2. The number of benzene rings is 1. The Hall–Kier alpha value is -2.17. The van der Waals surface area contributed by atoms with Crippen LogP contribution in [-0.2, 0) is 11.3 Å². The Balaban J connectivity index is 2.62. The highest BCUT2D eigenvalue weighted by Crippen LogP contribution is 2.25. The number of aromatic nitrogens is 2. The van der Waals surface area contributed by atoms with Gasteiger partial charge in [-0.1, -0.05) is 34.6 Å². The summed E-state index contributed by atoms with van der Waals surface area (Å²) in [6.45, 7) is 9.41. The first-order chi connectivity index (χ1) is 10.6. The monoisotopic (exact) mass is 316 g/mol. The van der Waals surface area contributed by atoms with Crippen molar-refractivity contribution in [3.05, 3.63) is 24.0 Å². The van der Waals surface area contributed by atoms with Crippen molar-refractivity contribution in [1.29, 1.82) is 0 Å². The Morgan fingerprint density at radius 1 is 1.26 bits per heavy atom. The van der Waals surface area contributed by atoms with Crippen LogP contribution >= 0.6 is 0 Å². The number of hydrogen-bond donors (Lipinski definition) is 0. The van der Waals surface area contributed by atoms with Crippen LogP contribution < -0.4 is 4.74 Å². The molecule has 124 valence electrons. The van der Waals surface area contributed by atoms with Crippen molar-refractivity contribution in [1.82, 2.24) is 9.55 Å². The standard InChI is InChI=1S/C18H24N2O3/c1-11(2)16(22)17-19-13-8-7-12(23-6)9-14(13)20(17)10-15(21)18(3,4)5/h7-9,11H,10H2,1-6H3. The lowest BCUT2D eigenvalue weighted by Gasteiger charge is -2.18. The molecule has 0 atom stereocenters. The highest BCUT2D eigenvalue weighted by atomic mass is 16.5. The van der Waals surface area contributed by atoms with Gasteiger partial charge in [0.1, 0.15) is 5.75 Å². The van der Waals surface area contributed by atoms with E-state index in [1.54, 1.807) is 17.7 Å². The number of ether oxygens (including phenoxy) is 1. The molecule has 5 heteroatoms. The van der Waals surface area contributed by atoms with Gasteiger partial charge < -0.3 is 9.30 Å². The average Bonchev–Trinajstić information content (AvgIpc) is 2.83. The van der Waals surface area contributed by atoms with E-state index < -0.39 is 5.41 Å². The molecular weight excluding hydrogens is 292 g/mol. The van der Waals surface area contributed by atoms with E-state index in [4.69, 9.17) is 4.74 Å². The zero-order valence-electron chi connectivity index (χ0n) is 14.6. The molecule has 0 N–H and O–H groups in total. The van der Waals surface area contributed by atoms with E-state index in [2.05, 4.69) is 4.98 Å². The van der Waals surface area contributed by atoms with Crippen LogP contribution in [0.15, 0.2) is 18.2 Å². The van der Waals surface area contributed by atoms with Gasteiger partial charge in [0.15, 0.2) is 11.6 Å². The van der Waals surface area contributed by atoms with E-state index in [9.17, 15) is 9.59 Å². The zero-order chi connectivity index (χ0) is 17.4. The van der Waals surface area contributed by atoms with E-state index in [0.717, 1.165) is 5.52 Å². The summed E-state index contributed by atoms with van der Waals surface area (Å²) in [4.78, 5) is 29.4. The average molecular weight is 316 g/mol. The third kappa shape index (κ3) is 3.44. The molecular formula is C18H24N2O3. The number of methoxy groups -OCH3 is 1. The van der Waals surface area contributed by atoms with E-state index in [-0.39, 0.29) is 24.0 Å². The minimum absolute atomic E-state index is 0.0532. The number of imidazole rings is 1. The summed E-state index contributed by atoms with van der Waals surface area (Å²) in [7, 11) is 1.59. The first-order valence-corrected chi connectivity index (χ1v) is 7.77. The summed E-state index contributed by atoms with van der Waals surface area (Å²) >= 11 is 0. The molecule has 0 amide bonds. The van der Waals surface area contributed by atoms with Crippen molar-refractivity contribution in [2.45, 2.75) is 41.2 Å². The third-order valence-electron chi connectivity index (χ3n) is 3.84. The number of Topliss-reactive ketones (excluding diaryl/α,β-unsaturated/α-hetero) is 2. The molecule has 2 aromatic rings. The summed E-state index contributed by atoms with van der Waals surface area (Å²) in [5, 5.41) is 0. The lowest BCUT2D eigenvalue weighted by Crippen LogP contribution is -2.27. The van der Waals surface area contributed by atoms with Gasteiger partial charge in [-0.05, 0) is 12.1 Å². The lowest BCUT2D eigenvalue weighted by atomic mass is 9.91. The van der Waals surface area contributed by atoms with Gasteiger partial charge in [0, 0.05) is 17.4 Å². The maximum Gasteiger partial charge on any atom is 0.200 e. The number of ketones is 2. The van der Waals surface area contributed by atoms with Gasteiger partial charge in [-0.15, -0.1) is 0 Å². The number of carbonyl (C=O) groups excluding carboxylic acids is 2. The SMILES string of the molecule is COc1ccc2nc(C(=O)C(C)C)n(CC(=O)C(C)(C)C)c2c1. The first-order valence-electron chi connectivity index (χ1n) is 7.77. The molecule has 1 aromatic carbocycles. The molecule has 1 aromatic heterocycles. The summed E-state index contributed by atoms with van der Waals surface area (Å²) in [6, 6.07) is 5.42. The minimum atomic E-state index is -0.479. The molecule has 23 heavy (non-hydrogen) atoms. The summed E-state index contributed by atoms with van der Waals surface area (Å²) in [5.41, 5.74) is 0.954. The largest absolute Gasteiger partial charge is 0.497 e. The van der Waals surface area contributed by atoms with E-state index in [1.807, 2.05) is 46.8 Å². The molecule has 0 aliphatic carbocycles. The maximum atomic E-state index is 12.5. The fourth-order valence-electron chi connectivity index (χ4n) is 2.22. The Morgan fingerprint density at radius 3 is 2.43 bits per heavy atom. The predicted octanol–water partition coefficient (Wildman–Crippen LogP) is 3.50. The second-order valence-corrected chi connectivity index (χ2v) is 7.07. The Bertz CT molecular complexity index is 751. The lowest BCUT2D eigenvalue weighted by molar-refractivity contribution is -0.126. The van der Waals surface area contributed by atoms with Gasteiger partial charge in [-0.25, -0.2) is 4.98 Å². The van der Waals surface area contributed by atoms with Crippen molar-refractivity contribution in [2.75, 3.05) is 7.11 Å². The Morgan fingerprint density at radius 2 is 1.91 bits per heavy atom. The van der Waals surface area contributed by atoms with Gasteiger partial charge in [0.25, 0.3) is 0 Å². The fraction of sp³-hybridized carbons (Fsp3) is 0.500. The fourth-order valence-corrected chi connectivity index (χ4v) is 2.22. The van der Waals surface area contributed by atoms with Crippen LogP contribution in [0.2, 0.25) is 0 Å². The van der Waals surface area contributed by atoms with Crippen molar-refractivity contribution in [2.24, 2.45) is 11.3 Å². The van der Waals surface area contributed by atoms with E-state index >= 15 is 0 Å². The molecule has 0 unspecified atom stereocenters. The molecule has 0 saturated heterocycles. The molecule has 0 radical (unpaired) electrons. The van der Waals surface area contributed by atoms with Gasteiger partial charge >= 0.3 is 0 Å². The topological polar surface area (TPSA) is 61.2 Å². The van der Waals surface area contributed by atoms with Crippen LogP contribution in [0.1, 0.15) is 45.2 Å². The van der Waals surface area contributed by atoms with E-state index in [1.165, 1.54) is 0 Å². The second-order valence-electron chi connectivity index (χ2n) is 7.07. The van der Waals surface area contributed by atoms with Crippen LogP contribution in [0.5, 0.6) is 5.75 Å². The van der Waals surface area contributed by atoms with Crippen molar-refractivity contribution >= 4 is 22.6 Å². The van der Waals surface area contributed by atoms with Gasteiger partial charge in [-0.2, -0.15) is 0 Å². The number of hydrogen-bond acceptors (Lipinski definition) is 4. The molecule has 0 spiro atoms. The molecule has 0 aliphatic rings. The number of fused-ring (bicyclic) bond motifs is 1. The maximum absolute atomic E-state index is 12.5. The highest BCUT2D eigenvalue weighted by Gasteiger charge is 2.26. The summed E-state index contributed by atoms with van der Waals surface area (Å²) in [6.07, 6.45) is 0. The molecule has 1 heterocycles. The predicted molar refractivity (Wildman–Crippen MR) is 89.9 cm³/mol. The van der Waals surface area contributed by atoms with Crippen LogP contribution in [0.4, 0.5) is 0 Å².